The molecule has 0 fully saturated rings. The molecule has 0 aliphatic rings. The first kappa shape index (κ1) is 16.4. The van der Waals surface area contributed by atoms with Gasteiger partial charge in [0.15, 0.2) is 0 Å². The Balaban J connectivity index is 0.000000847. The van der Waals surface area contributed by atoms with Gasteiger partial charge in [-0.2, -0.15) is 0 Å². The molecule has 3 aromatic rings. The van der Waals surface area contributed by atoms with E-state index in [1.54, 1.807) is 6.20 Å². The van der Waals surface area contributed by atoms with Crippen molar-refractivity contribution in [3.05, 3.63) is 65.9 Å². The lowest BCUT2D eigenvalue weighted by Gasteiger charge is -2.10. The molecule has 0 unspecified atom stereocenters. The van der Waals surface area contributed by atoms with E-state index in [-0.39, 0.29) is 10.9 Å². The van der Waals surface area contributed by atoms with Gasteiger partial charge >= 0.3 is 0 Å². The first-order chi connectivity index (χ1) is 10.7. The van der Waals surface area contributed by atoms with Gasteiger partial charge in [0.1, 0.15) is 17.2 Å². The fraction of sp³-hybridized carbons (Fsp3) is 0.167. The number of benzene rings is 2. The van der Waals surface area contributed by atoms with Crippen LogP contribution in [0.4, 0.5) is 8.78 Å². The van der Waals surface area contributed by atoms with Gasteiger partial charge in [0.25, 0.3) is 0 Å². The maximum atomic E-state index is 14.1. The molecular formula is C18H17F2NS. The largest absolute Gasteiger partial charge is 0.253 e. The summed E-state index contributed by atoms with van der Waals surface area (Å²) in [6, 6.07) is 11.9. The van der Waals surface area contributed by atoms with Crippen molar-refractivity contribution in [2.75, 3.05) is 0 Å². The van der Waals surface area contributed by atoms with Crippen molar-refractivity contribution in [3.63, 3.8) is 0 Å². The number of nitrogens with zero attached hydrogens (tertiary/aromatic N) is 1. The monoisotopic (exact) mass is 317 g/mol. The highest BCUT2D eigenvalue weighted by Crippen LogP contribution is 2.37. The van der Waals surface area contributed by atoms with Gasteiger partial charge in [-0.15, -0.1) is 0 Å². The van der Waals surface area contributed by atoms with Crippen LogP contribution in [0.15, 0.2) is 58.5 Å². The van der Waals surface area contributed by atoms with Crippen LogP contribution >= 0.6 is 11.8 Å². The summed E-state index contributed by atoms with van der Waals surface area (Å²) < 4.78 is 27.9. The number of aromatic nitrogens is 1. The van der Waals surface area contributed by atoms with E-state index in [2.05, 4.69) is 4.98 Å². The van der Waals surface area contributed by atoms with Crippen LogP contribution in [0.1, 0.15) is 19.4 Å². The minimum atomic E-state index is -0.503. The molecule has 1 aromatic heterocycles. The van der Waals surface area contributed by atoms with Crippen LogP contribution in [-0.2, 0) is 0 Å². The Hall–Kier alpha value is -1.94. The molecule has 0 saturated heterocycles. The zero-order chi connectivity index (χ0) is 16.1. The summed E-state index contributed by atoms with van der Waals surface area (Å²) in [4.78, 5) is 5.70. The number of halogens is 2. The first-order valence-corrected chi connectivity index (χ1v) is 7.94. The number of hydrogen-bond donors (Lipinski definition) is 0. The lowest BCUT2D eigenvalue weighted by Crippen LogP contribution is -1.93. The van der Waals surface area contributed by atoms with Crippen LogP contribution in [0.2, 0.25) is 0 Å². The van der Waals surface area contributed by atoms with Crippen LogP contribution in [0.25, 0.3) is 10.9 Å². The molecule has 0 atom stereocenters. The predicted octanol–water partition coefficient (Wildman–Crippen LogP) is 6.00. The van der Waals surface area contributed by atoms with Gasteiger partial charge in [-0.1, -0.05) is 43.8 Å². The van der Waals surface area contributed by atoms with Gasteiger partial charge < -0.3 is 0 Å². The van der Waals surface area contributed by atoms with Crippen LogP contribution in [-0.4, -0.2) is 4.98 Å². The third kappa shape index (κ3) is 3.28. The van der Waals surface area contributed by atoms with E-state index in [1.165, 1.54) is 11.8 Å². The Morgan fingerprint density at radius 2 is 1.55 bits per heavy atom. The fourth-order valence-electron chi connectivity index (χ4n) is 2.04. The summed E-state index contributed by atoms with van der Waals surface area (Å²) in [6.07, 6.45) is 1.58. The molecule has 0 aliphatic carbocycles. The SMILES string of the molecule is CC.Cc1cnc2c(F)ccc(F)c2c1Sc1ccccc1. The van der Waals surface area contributed by atoms with E-state index in [9.17, 15) is 8.78 Å². The molecule has 2 aromatic carbocycles. The van der Waals surface area contributed by atoms with E-state index in [1.807, 2.05) is 51.1 Å². The smallest absolute Gasteiger partial charge is 0.149 e. The average molecular weight is 317 g/mol. The normalized spacial score (nSPS) is 10.2. The Bertz CT molecular complexity index is 773. The molecule has 3 rings (SSSR count). The number of aryl methyl sites for hydroxylation is 1. The van der Waals surface area contributed by atoms with Gasteiger partial charge in [0.05, 0.1) is 5.39 Å². The van der Waals surface area contributed by atoms with Gasteiger partial charge in [-0.3, -0.25) is 4.98 Å². The molecule has 4 heteroatoms. The predicted molar refractivity (Wildman–Crippen MR) is 88.3 cm³/mol. The van der Waals surface area contributed by atoms with Crippen LogP contribution in [0.5, 0.6) is 0 Å². The van der Waals surface area contributed by atoms with Gasteiger partial charge in [0, 0.05) is 16.0 Å². The van der Waals surface area contributed by atoms with Gasteiger partial charge in [-0.05, 0) is 36.8 Å². The van der Waals surface area contributed by atoms with Crippen molar-refractivity contribution in [1.82, 2.24) is 4.98 Å². The highest BCUT2D eigenvalue weighted by molar-refractivity contribution is 7.99. The Morgan fingerprint density at radius 1 is 0.909 bits per heavy atom. The third-order valence-electron chi connectivity index (χ3n) is 3.01. The molecule has 0 N–H and O–H groups in total. The highest BCUT2D eigenvalue weighted by atomic mass is 32.2. The second kappa shape index (κ2) is 7.36. The van der Waals surface area contributed by atoms with Crippen LogP contribution < -0.4 is 0 Å². The molecule has 0 aliphatic heterocycles. The third-order valence-corrected chi connectivity index (χ3v) is 4.25. The topological polar surface area (TPSA) is 12.9 Å². The number of fused-ring (bicyclic) bond motifs is 1. The molecule has 22 heavy (non-hydrogen) atoms. The standard InChI is InChI=1S/C16H11F2NS.C2H6/c1-10-9-19-15-13(18)8-7-12(17)14(15)16(10)20-11-5-3-2-4-6-11;1-2/h2-9H,1H3;1-2H3. The van der Waals surface area contributed by atoms with Crippen molar-refractivity contribution in [2.24, 2.45) is 0 Å². The Labute approximate surface area is 133 Å². The second-order valence-corrected chi connectivity index (χ2v) is 5.52. The Morgan fingerprint density at radius 3 is 2.23 bits per heavy atom. The number of pyridine rings is 1. The number of rotatable bonds is 2. The van der Waals surface area contributed by atoms with Gasteiger partial charge in [0.2, 0.25) is 0 Å². The van der Waals surface area contributed by atoms with Crippen molar-refractivity contribution in [1.29, 1.82) is 0 Å². The maximum Gasteiger partial charge on any atom is 0.149 e. The van der Waals surface area contributed by atoms with E-state index >= 15 is 0 Å². The molecule has 0 spiro atoms. The molecule has 1 nitrogen and oxygen atoms in total. The van der Waals surface area contributed by atoms with E-state index < -0.39 is 11.6 Å². The highest BCUT2D eigenvalue weighted by Gasteiger charge is 2.14. The second-order valence-electron chi connectivity index (χ2n) is 4.44. The molecular weight excluding hydrogens is 300 g/mol. The van der Waals surface area contributed by atoms with Crippen molar-refractivity contribution in [3.8, 4) is 0 Å². The first-order valence-electron chi connectivity index (χ1n) is 7.13. The molecule has 0 saturated carbocycles. The maximum absolute atomic E-state index is 14.1. The summed E-state index contributed by atoms with van der Waals surface area (Å²) in [7, 11) is 0. The molecule has 114 valence electrons. The lowest BCUT2D eigenvalue weighted by molar-refractivity contribution is 0.613. The van der Waals surface area contributed by atoms with E-state index in [0.717, 1.165) is 22.6 Å². The van der Waals surface area contributed by atoms with Crippen molar-refractivity contribution in [2.45, 2.75) is 30.6 Å². The lowest BCUT2D eigenvalue weighted by atomic mass is 10.1. The summed E-state index contributed by atoms with van der Waals surface area (Å²) >= 11 is 1.42. The zero-order valence-electron chi connectivity index (χ0n) is 12.7. The number of hydrogen-bond acceptors (Lipinski definition) is 2. The van der Waals surface area contributed by atoms with Crippen LogP contribution in [0, 0.1) is 18.6 Å². The zero-order valence-corrected chi connectivity index (χ0v) is 13.5. The van der Waals surface area contributed by atoms with Crippen molar-refractivity contribution >= 4 is 22.7 Å². The molecule has 0 amide bonds. The van der Waals surface area contributed by atoms with Crippen molar-refractivity contribution < 1.29 is 8.78 Å². The van der Waals surface area contributed by atoms with E-state index in [4.69, 9.17) is 0 Å². The minimum Gasteiger partial charge on any atom is -0.253 e. The summed E-state index contributed by atoms with van der Waals surface area (Å²) in [5, 5.41) is 0.249. The Kier molecular flexibility index (Phi) is 5.50. The summed E-state index contributed by atoms with van der Waals surface area (Å²) in [5.41, 5.74) is 0.907. The summed E-state index contributed by atoms with van der Waals surface area (Å²) in [6.45, 7) is 5.85. The summed E-state index contributed by atoms with van der Waals surface area (Å²) in [5.74, 6) is -0.952. The fourth-order valence-corrected chi connectivity index (χ4v) is 3.08. The molecule has 1 heterocycles. The van der Waals surface area contributed by atoms with Gasteiger partial charge in [-0.25, -0.2) is 8.78 Å². The molecule has 0 radical (unpaired) electrons. The molecule has 0 bridgehead atoms. The van der Waals surface area contributed by atoms with E-state index in [0.29, 0.717) is 4.90 Å². The minimum absolute atomic E-state index is 0.0778. The average Bonchev–Trinajstić information content (AvgIpc) is 2.56. The quantitative estimate of drug-likeness (QED) is 0.575. The van der Waals surface area contributed by atoms with Crippen LogP contribution in [0.3, 0.4) is 0 Å².